The lowest BCUT2D eigenvalue weighted by atomic mass is 10.2. The van der Waals surface area contributed by atoms with E-state index in [9.17, 15) is 14.0 Å². The summed E-state index contributed by atoms with van der Waals surface area (Å²) in [5, 5.41) is 0.853. The van der Waals surface area contributed by atoms with Crippen LogP contribution >= 0.6 is 11.8 Å². The van der Waals surface area contributed by atoms with Gasteiger partial charge in [0, 0.05) is 25.3 Å². The fourth-order valence-electron chi connectivity index (χ4n) is 3.98. The number of halogens is 1. The van der Waals surface area contributed by atoms with Crippen LogP contribution in [0.4, 0.5) is 4.39 Å². The number of hydrogen-bond acceptors (Lipinski definition) is 5. The third-order valence-electron chi connectivity index (χ3n) is 5.38. The summed E-state index contributed by atoms with van der Waals surface area (Å²) in [6.07, 6.45) is 1.11. The van der Waals surface area contributed by atoms with Gasteiger partial charge in [-0.25, -0.2) is 9.37 Å². The molecule has 2 heterocycles. The second-order valence-electron chi connectivity index (χ2n) is 8.01. The van der Waals surface area contributed by atoms with Gasteiger partial charge in [-0.3, -0.25) is 14.2 Å². The zero-order valence-electron chi connectivity index (χ0n) is 18.2. The van der Waals surface area contributed by atoms with Gasteiger partial charge in [-0.1, -0.05) is 36.0 Å². The molecule has 2 atom stereocenters. The summed E-state index contributed by atoms with van der Waals surface area (Å²) in [7, 11) is 0. The summed E-state index contributed by atoms with van der Waals surface area (Å²) in [5.74, 6) is 0.199. The van der Waals surface area contributed by atoms with Crippen molar-refractivity contribution >= 4 is 28.6 Å². The quantitative estimate of drug-likeness (QED) is 0.319. The minimum Gasteiger partial charge on any atom is -0.372 e. The van der Waals surface area contributed by atoms with Gasteiger partial charge < -0.3 is 9.64 Å². The Kier molecular flexibility index (Phi) is 6.91. The van der Waals surface area contributed by atoms with E-state index in [0.717, 1.165) is 0 Å². The number of rotatable bonds is 6. The molecule has 1 saturated heterocycles. The lowest BCUT2D eigenvalue weighted by molar-refractivity contribution is -0.143. The van der Waals surface area contributed by atoms with E-state index in [-0.39, 0.29) is 29.4 Å². The van der Waals surface area contributed by atoms with Crippen molar-refractivity contribution in [2.75, 3.05) is 18.8 Å². The molecule has 3 aromatic rings. The molecule has 2 aromatic carbocycles. The van der Waals surface area contributed by atoms with Gasteiger partial charge >= 0.3 is 0 Å². The third-order valence-corrected chi connectivity index (χ3v) is 6.40. The molecule has 8 heteroatoms. The van der Waals surface area contributed by atoms with Crippen molar-refractivity contribution in [2.24, 2.45) is 0 Å². The van der Waals surface area contributed by atoms with E-state index >= 15 is 0 Å². The number of fused-ring (bicyclic) bond motifs is 1. The van der Waals surface area contributed by atoms with Gasteiger partial charge in [0.1, 0.15) is 5.82 Å². The van der Waals surface area contributed by atoms with Crippen LogP contribution in [0, 0.1) is 5.82 Å². The Hall–Kier alpha value is -2.71. The second kappa shape index (κ2) is 9.83. The average molecular weight is 456 g/mol. The van der Waals surface area contributed by atoms with Crippen molar-refractivity contribution < 1.29 is 13.9 Å². The van der Waals surface area contributed by atoms with Gasteiger partial charge in [-0.05, 0) is 44.5 Å². The number of carbonyl (C=O) groups is 1. The molecule has 1 fully saturated rings. The number of nitrogens with zero attached hydrogens (tertiary/aromatic N) is 3. The number of amides is 1. The Morgan fingerprint density at radius 3 is 2.56 bits per heavy atom. The Morgan fingerprint density at radius 2 is 1.81 bits per heavy atom. The molecule has 0 radical (unpaired) electrons. The van der Waals surface area contributed by atoms with Crippen LogP contribution in [-0.2, 0) is 9.53 Å². The third kappa shape index (κ3) is 4.86. The maximum Gasteiger partial charge on any atom is 0.266 e. The fraction of sp³-hybridized carbons (Fsp3) is 0.375. The SMILES string of the molecule is CC1CN(C(=O)CCCSc2nc3ccccc3c(=O)n2-c2ccccc2F)CC(C)O1. The highest BCUT2D eigenvalue weighted by atomic mass is 32.2. The highest BCUT2D eigenvalue weighted by molar-refractivity contribution is 7.99. The minimum absolute atomic E-state index is 0.0362. The summed E-state index contributed by atoms with van der Waals surface area (Å²) in [5.41, 5.74) is 0.432. The number of hydrogen-bond donors (Lipinski definition) is 0. The van der Waals surface area contributed by atoms with Crippen LogP contribution in [0.5, 0.6) is 0 Å². The van der Waals surface area contributed by atoms with Crippen molar-refractivity contribution in [1.82, 2.24) is 14.5 Å². The molecule has 168 valence electrons. The molecular weight excluding hydrogens is 429 g/mol. The van der Waals surface area contributed by atoms with E-state index in [1.807, 2.05) is 24.8 Å². The van der Waals surface area contributed by atoms with Crippen LogP contribution in [0.25, 0.3) is 16.6 Å². The molecule has 1 amide bonds. The molecule has 0 saturated carbocycles. The molecule has 1 aromatic heterocycles. The van der Waals surface area contributed by atoms with Crippen LogP contribution in [0.3, 0.4) is 0 Å². The lowest BCUT2D eigenvalue weighted by Gasteiger charge is -2.35. The van der Waals surface area contributed by atoms with Gasteiger partial charge in [-0.2, -0.15) is 0 Å². The van der Waals surface area contributed by atoms with Crippen LogP contribution in [0.2, 0.25) is 0 Å². The number of carbonyl (C=O) groups excluding carboxylic acids is 1. The summed E-state index contributed by atoms with van der Waals surface area (Å²) < 4.78 is 21.6. The van der Waals surface area contributed by atoms with E-state index < -0.39 is 5.82 Å². The summed E-state index contributed by atoms with van der Waals surface area (Å²) in [6.45, 7) is 5.16. The molecular formula is C24H26FN3O3S. The van der Waals surface area contributed by atoms with Crippen molar-refractivity contribution in [3.63, 3.8) is 0 Å². The molecule has 0 spiro atoms. The van der Waals surface area contributed by atoms with Crippen molar-refractivity contribution in [3.05, 3.63) is 64.7 Å². The first kappa shape index (κ1) is 22.5. The number of ether oxygens (including phenoxy) is 1. The van der Waals surface area contributed by atoms with Gasteiger partial charge in [-0.15, -0.1) is 0 Å². The Labute approximate surface area is 190 Å². The maximum absolute atomic E-state index is 14.5. The Morgan fingerprint density at radius 1 is 1.12 bits per heavy atom. The van der Waals surface area contributed by atoms with Crippen LogP contribution in [0.1, 0.15) is 26.7 Å². The molecule has 4 rings (SSSR count). The number of aromatic nitrogens is 2. The first-order valence-electron chi connectivity index (χ1n) is 10.8. The maximum atomic E-state index is 14.5. The largest absolute Gasteiger partial charge is 0.372 e. The van der Waals surface area contributed by atoms with E-state index in [0.29, 0.717) is 47.7 Å². The van der Waals surface area contributed by atoms with E-state index in [1.54, 1.807) is 36.4 Å². The highest BCUT2D eigenvalue weighted by Crippen LogP contribution is 2.24. The van der Waals surface area contributed by atoms with Crippen LogP contribution in [-0.4, -0.2) is 51.4 Å². The number of para-hydroxylation sites is 2. The molecule has 0 aliphatic carbocycles. The number of thioether (sulfide) groups is 1. The van der Waals surface area contributed by atoms with Crippen molar-refractivity contribution in [1.29, 1.82) is 0 Å². The standard InChI is InChI=1S/C24H26FN3O3S/c1-16-14-27(15-17(2)31-16)22(29)12-7-13-32-24-26-20-10-5-3-8-18(20)23(30)28(24)21-11-6-4-9-19(21)25/h3-6,8-11,16-17H,7,12-15H2,1-2H3. The topological polar surface area (TPSA) is 64.4 Å². The smallest absolute Gasteiger partial charge is 0.266 e. The van der Waals surface area contributed by atoms with E-state index in [4.69, 9.17) is 4.74 Å². The van der Waals surface area contributed by atoms with Crippen molar-refractivity contribution in [2.45, 2.75) is 44.1 Å². The van der Waals surface area contributed by atoms with E-state index in [2.05, 4.69) is 4.98 Å². The van der Waals surface area contributed by atoms with Gasteiger partial charge in [0.2, 0.25) is 5.91 Å². The van der Waals surface area contributed by atoms with Crippen LogP contribution < -0.4 is 5.56 Å². The van der Waals surface area contributed by atoms with Gasteiger partial charge in [0.25, 0.3) is 5.56 Å². The lowest BCUT2D eigenvalue weighted by Crippen LogP contribution is -2.48. The van der Waals surface area contributed by atoms with Gasteiger partial charge in [0.05, 0.1) is 28.8 Å². The normalized spacial score (nSPS) is 18.8. The summed E-state index contributed by atoms with van der Waals surface area (Å²) in [6, 6.07) is 13.2. The second-order valence-corrected chi connectivity index (χ2v) is 9.07. The Bertz CT molecular complexity index is 1170. The van der Waals surface area contributed by atoms with Crippen LogP contribution in [0.15, 0.2) is 58.5 Å². The molecule has 0 N–H and O–H groups in total. The molecule has 6 nitrogen and oxygen atoms in total. The molecule has 1 aliphatic rings. The first-order valence-corrected chi connectivity index (χ1v) is 11.8. The molecule has 0 bridgehead atoms. The van der Waals surface area contributed by atoms with Crippen molar-refractivity contribution in [3.8, 4) is 5.69 Å². The predicted molar refractivity (Wildman–Crippen MR) is 124 cm³/mol. The minimum atomic E-state index is -0.487. The monoisotopic (exact) mass is 455 g/mol. The summed E-state index contributed by atoms with van der Waals surface area (Å²) in [4.78, 5) is 32.3. The average Bonchev–Trinajstić information content (AvgIpc) is 2.77. The predicted octanol–water partition coefficient (Wildman–Crippen LogP) is 4.03. The number of morpholine rings is 1. The fourth-order valence-corrected chi connectivity index (χ4v) is 4.93. The first-order chi connectivity index (χ1) is 15.4. The van der Waals surface area contributed by atoms with E-state index in [1.165, 1.54) is 22.4 Å². The highest BCUT2D eigenvalue weighted by Gasteiger charge is 2.25. The summed E-state index contributed by atoms with van der Waals surface area (Å²) >= 11 is 1.36. The Balaban J connectivity index is 1.51. The zero-order chi connectivity index (χ0) is 22.7. The molecule has 32 heavy (non-hydrogen) atoms. The molecule has 2 unspecified atom stereocenters. The zero-order valence-corrected chi connectivity index (χ0v) is 19.0. The molecule has 1 aliphatic heterocycles. The number of benzene rings is 2. The van der Waals surface area contributed by atoms with Gasteiger partial charge in [0.15, 0.2) is 5.16 Å².